The van der Waals surface area contributed by atoms with Gasteiger partial charge in [0.15, 0.2) is 0 Å². The molecule has 92 valence electrons. The van der Waals surface area contributed by atoms with Crippen LogP contribution in [-0.2, 0) is 6.42 Å². The quantitative estimate of drug-likeness (QED) is 0.685. The van der Waals surface area contributed by atoms with E-state index in [0.717, 1.165) is 13.0 Å². The number of phenolic OH excluding ortho intramolecular Hbond substituents is 1. The number of hydrogen-bond donors (Lipinski definition) is 3. The highest BCUT2D eigenvalue weighted by Crippen LogP contribution is 2.27. The summed E-state index contributed by atoms with van der Waals surface area (Å²) < 4.78 is 0. The highest BCUT2D eigenvalue weighted by molar-refractivity contribution is 5.56. The summed E-state index contributed by atoms with van der Waals surface area (Å²) in [5, 5.41) is 16.7. The molecule has 0 saturated heterocycles. The van der Waals surface area contributed by atoms with Crippen LogP contribution in [0.25, 0.3) is 0 Å². The van der Waals surface area contributed by atoms with Crippen LogP contribution in [0.4, 0.5) is 5.69 Å². The summed E-state index contributed by atoms with van der Waals surface area (Å²) in [6.07, 6.45) is 6.41. The lowest BCUT2D eigenvalue weighted by Crippen LogP contribution is -2.44. The third-order valence-electron chi connectivity index (χ3n) is 3.92. The minimum atomic E-state index is 0.368. The van der Waals surface area contributed by atoms with Gasteiger partial charge in [0.2, 0.25) is 0 Å². The summed E-state index contributed by atoms with van der Waals surface area (Å²) in [6, 6.07) is 6.81. The lowest BCUT2D eigenvalue weighted by atomic mass is 9.98. The summed E-state index contributed by atoms with van der Waals surface area (Å²) in [4.78, 5) is 0. The molecule has 1 aromatic carbocycles. The first kappa shape index (κ1) is 10.9. The zero-order valence-corrected chi connectivity index (χ0v) is 10.1. The van der Waals surface area contributed by atoms with Gasteiger partial charge in [-0.1, -0.05) is 12.8 Å². The van der Waals surface area contributed by atoms with Crippen molar-refractivity contribution in [2.45, 2.75) is 44.2 Å². The molecule has 0 amide bonds. The van der Waals surface area contributed by atoms with Crippen molar-refractivity contribution in [3.8, 4) is 5.75 Å². The molecular formula is C14H20N2O. The molecule has 2 aliphatic rings. The molecule has 0 bridgehead atoms. The number of aromatic hydroxyl groups is 1. The van der Waals surface area contributed by atoms with Gasteiger partial charge in [0, 0.05) is 24.3 Å². The van der Waals surface area contributed by atoms with Crippen molar-refractivity contribution < 1.29 is 5.11 Å². The molecule has 1 aromatic rings. The van der Waals surface area contributed by atoms with Crippen LogP contribution in [0.15, 0.2) is 18.2 Å². The van der Waals surface area contributed by atoms with Crippen molar-refractivity contribution in [3.63, 3.8) is 0 Å². The van der Waals surface area contributed by atoms with Gasteiger partial charge in [0.25, 0.3) is 0 Å². The standard InChI is InChI=1S/C14H20N2O/c17-13-5-6-14-10(8-13)7-12(9-15-14)16-11-3-1-2-4-11/h5-6,8,11-12,15-17H,1-4,7,9H2. The van der Waals surface area contributed by atoms with Gasteiger partial charge >= 0.3 is 0 Å². The monoisotopic (exact) mass is 232 g/mol. The number of hydrogen-bond acceptors (Lipinski definition) is 3. The van der Waals surface area contributed by atoms with Crippen molar-refractivity contribution in [2.24, 2.45) is 0 Å². The van der Waals surface area contributed by atoms with Crippen molar-refractivity contribution in [1.29, 1.82) is 0 Å². The number of anilines is 1. The summed E-state index contributed by atoms with van der Waals surface area (Å²) in [5.74, 6) is 0.368. The van der Waals surface area contributed by atoms with Gasteiger partial charge in [-0.15, -0.1) is 0 Å². The maximum Gasteiger partial charge on any atom is 0.116 e. The first-order chi connectivity index (χ1) is 8.31. The van der Waals surface area contributed by atoms with Gasteiger partial charge in [-0.25, -0.2) is 0 Å². The fourth-order valence-electron chi connectivity index (χ4n) is 3.04. The van der Waals surface area contributed by atoms with Crippen LogP contribution in [0.3, 0.4) is 0 Å². The summed E-state index contributed by atoms with van der Waals surface area (Å²) in [5.41, 5.74) is 2.40. The third-order valence-corrected chi connectivity index (χ3v) is 3.92. The Morgan fingerprint density at radius 3 is 2.82 bits per heavy atom. The highest BCUT2D eigenvalue weighted by atomic mass is 16.3. The molecule has 0 spiro atoms. The molecule has 3 rings (SSSR count). The van der Waals surface area contributed by atoms with Gasteiger partial charge in [0.1, 0.15) is 5.75 Å². The number of benzene rings is 1. The Morgan fingerprint density at radius 1 is 1.18 bits per heavy atom. The fraction of sp³-hybridized carbons (Fsp3) is 0.571. The summed E-state index contributed by atoms with van der Waals surface area (Å²) >= 11 is 0. The van der Waals surface area contributed by atoms with Crippen molar-refractivity contribution in [3.05, 3.63) is 23.8 Å². The van der Waals surface area contributed by atoms with Crippen LogP contribution in [0.1, 0.15) is 31.2 Å². The Hall–Kier alpha value is -1.22. The molecule has 0 radical (unpaired) electrons. The van der Waals surface area contributed by atoms with Gasteiger partial charge in [-0.2, -0.15) is 0 Å². The van der Waals surface area contributed by atoms with Crippen LogP contribution in [0.2, 0.25) is 0 Å². The van der Waals surface area contributed by atoms with Crippen molar-refractivity contribution in [1.82, 2.24) is 5.32 Å². The highest BCUT2D eigenvalue weighted by Gasteiger charge is 2.22. The predicted octanol–water partition coefficient (Wildman–Crippen LogP) is 2.26. The van der Waals surface area contributed by atoms with E-state index in [1.165, 1.54) is 36.9 Å². The minimum absolute atomic E-state index is 0.368. The zero-order chi connectivity index (χ0) is 11.7. The van der Waals surface area contributed by atoms with Crippen molar-refractivity contribution in [2.75, 3.05) is 11.9 Å². The van der Waals surface area contributed by atoms with E-state index >= 15 is 0 Å². The lowest BCUT2D eigenvalue weighted by Gasteiger charge is -2.29. The first-order valence-corrected chi connectivity index (χ1v) is 6.63. The Bertz CT molecular complexity index is 399. The summed E-state index contributed by atoms with van der Waals surface area (Å²) in [7, 11) is 0. The van der Waals surface area contributed by atoms with Crippen molar-refractivity contribution >= 4 is 5.69 Å². The topological polar surface area (TPSA) is 44.3 Å². The molecule has 1 saturated carbocycles. The average molecular weight is 232 g/mol. The Labute approximate surface area is 102 Å². The lowest BCUT2D eigenvalue weighted by molar-refractivity contribution is 0.431. The molecule has 1 aliphatic carbocycles. The van der Waals surface area contributed by atoms with Gasteiger partial charge in [0.05, 0.1) is 0 Å². The second kappa shape index (κ2) is 4.57. The molecule has 1 aliphatic heterocycles. The Balaban J connectivity index is 1.67. The molecule has 1 atom stereocenters. The Kier molecular flexibility index (Phi) is 2.93. The third kappa shape index (κ3) is 2.39. The smallest absolute Gasteiger partial charge is 0.116 e. The molecule has 0 aromatic heterocycles. The van der Waals surface area contributed by atoms with E-state index in [4.69, 9.17) is 0 Å². The van der Waals surface area contributed by atoms with Gasteiger partial charge < -0.3 is 15.7 Å². The molecule has 3 heteroatoms. The van der Waals surface area contributed by atoms with E-state index in [9.17, 15) is 5.11 Å². The predicted molar refractivity (Wildman–Crippen MR) is 69.5 cm³/mol. The molecule has 1 unspecified atom stereocenters. The van der Waals surface area contributed by atoms with Crippen LogP contribution < -0.4 is 10.6 Å². The average Bonchev–Trinajstić information content (AvgIpc) is 2.81. The van der Waals surface area contributed by atoms with E-state index in [0.29, 0.717) is 17.8 Å². The van der Waals surface area contributed by atoms with Crippen LogP contribution >= 0.6 is 0 Å². The zero-order valence-electron chi connectivity index (χ0n) is 10.1. The van der Waals surface area contributed by atoms with Gasteiger partial charge in [-0.3, -0.25) is 0 Å². The second-order valence-corrected chi connectivity index (χ2v) is 5.27. The maximum atomic E-state index is 9.51. The minimum Gasteiger partial charge on any atom is -0.508 e. The van der Waals surface area contributed by atoms with E-state index < -0.39 is 0 Å². The summed E-state index contributed by atoms with van der Waals surface area (Å²) in [6.45, 7) is 0.994. The number of nitrogens with one attached hydrogen (secondary N) is 2. The van der Waals surface area contributed by atoms with Crippen LogP contribution in [0.5, 0.6) is 5.75 Å². The van der Waals surface area contributed by atoms with E-state index in [-0.39, 0.29) is 0 Å². The molecule has 3 N–H and O–H groups in total. The maximum absolute atomic E-state index is 9.51. The molecule has 1 heterocycles. The fourth-order valence-corrected chi connectivity index (χ4v) is 3.04. The molecular weight excluding hydrogens is 212 g/mol. The van der Waals surface area contributed by atoms with Gasteiger partial charge in [-0.05, 0) is 43.0 Å². The largest absolute Gasteiger partial charge is 0.508 e. The van der Waals surface area contributed by atoms with Crippen LogP contribution in [0, 0.1) is 0 Å². The molecule has 17 heavy (non-hydrogen) atoms. The number of fused-ring (bicyclic) bond motifs is 1. The van der Waals surface area contributed by atoms with E-state index in [1.54, 1.807) is 6.07 Å². The first-order valence-electron chi connectivity index (χ1n) is 6.63. The SMILES string of the molecule is Oc1ccc2c(c1)CC(NC1CCCC1)CN2. The molecule has 1 fully saturated rings. The van der Waals surface area contributed by atoms with E-state index in [2.05, 4.69) is 10.6 Å². The second-order valence-electron chi connectivity index (χ2n) is 5.27. The Morgan fingerprint density at radius 2 is 2.00 bits per heavy atom. The number of phenols is 1. The normalized spacial score (nSPS) is 24.4. The van der Waals surface area contributed by atoms with Crippen LogP contribution in [-0.4, -0.2) is 23.7 Å². The van der Waals surface area contributed by atoms with E-state index in [1.807, 2.05) is 12.1 Å². The molecule has 3 nitrogen and oxygen atoms in total. The number of rotatable bonds is 2.